The molecule has 5 heterocycles. The number of nitrogens with two attached hydrogens (primary N) is 1. The lowest BCUT2D eigenvalue weighted by Gasteiger charge is -2.41. The lowest BCUT2D eigenvalue weighted by atomic mass is 9.64. The molecule has 4 aliphatic rings. The van der Waals surface area contributed by atoms with Crippen LogP contribution in [0.5, 0.6) is 0 Å². The molecule has 1 spiro atoms. The van der Waals surface area contributed by atoms with Gasteiger partial charge in [-0.1, -0.05) is 18.9 Å². The highest BCUT2D eigenvalue weighted by Crippen LogP contribution is 2.55. The zero-order valence-corrected chi connectivity index (χ0v) is 22.0. The molecule has 2 aromatic heterocycles. The van der Waals surface area contributed by atoms with Crippen LogP contribution in [0.15, 0.2) is 36.7 Å². The topological polar surface area (TPSA) is 78.6 Å². The SMILES string of the molecule is CN1C(=O)C2(CCC2)c2c1cnc1ccc(-c3cnc(N4CCC(C)(N5CCCCC5)C4)c(N)c3)cc21. The Bertz CT molecular complexity index is 1410. The Kier molecular flexibility index (Phi) is 5.06. The number of nitrogens with zero attached hydrogens (tertiary/aromatic N) is 5. The van der Waals surface area contributed by atoms with Crippen LogP contribution in [0, 0.1) is 0 Å². The molecule has 7 heteroatoms. The van der Waals surface area contributed by atoms with E-state index in [2.05, 4.69) is 46.0 Å². The molecule has 1 atom stereocenters. The molecule has 37 heavy (non-hydrogen) atoms. The predicted molar refractivity (Wildman–Crippen MR) is 149 cm³/mol. The maximum absolute atomic E-state index is 13.2. The first-order valence-corrected chi connectivity index (χ1v) is 13.9. The van der Waals surface area contributed by atoms with Crippen LogP contribution >= 0.6 is 0 Å². The van der Waals surface area contributed by atoms with Gasteiger partial charge in [-0.3, -0.25) is 14.7 Å². The number of aromatic nitrogens is 2. The van der Waals surface area contributed by atoms with Crippen LogP contribution in [0.1, 0.15) is 57.4 Å². The third-order valence-electron chi connectivity index (χ3n) is 9.71. The second-order valence-corrected chi connectivity index (χ2v) is 11.9. The first kappa shape index (κ1) is 23.0. The van der Waals surface area contributed by atoms with Crippen molar-refractivity contribution in [3.05, 3.63) is 42.2 Å². The minimum absolute atomic E-state index is 0.195. The molecule has 1 unspecified atom stereocenters. The van der Waals surface area contributed by atoms with Gasteiger partial charge < -0.3 is 15.5 Å². The number of benzene rings is 1. The lowest BCUT2D eigenvalue weighted by Crippen LogP contribution is -2.50. The van der Waals surface area contributed by atoms with Gasteiger partial charge in [-0.2, -0.15) is 0 Å². The van der Waals surface area contributed by atoms with Crippen LogP contribution in [0.3, 0.4) is 0 Å². The number of pyridine rings is 2. The minimum atomic E-state index is -0.373. The number of carbonyl (C=O) groups is 1. The van der Waals surface area contributed by atoms with Crippen molar-refractivity contribution in [1.82, 2.24) is 14.9 Å². The van der Waals surface area contributed by atoms with Crippen LogP contribution < -0.4 is 15.5 Å². The first-order valence-electron chi connectivity index (χ1n) is 13.9. The van der Waals surface area contributed by atoms with Crippen molar-refractivity contribution in [2.75, 3.05) is 48.8 Å². The Morgan fingerprint density at radius 1 is 0.919 bits per heavy atom. The average molecular weight is 497 g/mol. The predicted octanol–water partition coefficient (Wildman–Crippen LogP) is 4.73. The third kappa shape index (κ3) is 3.32. The summed E-state index contributed by atoms with van der Waals surface area (Å²) in [5, 5.41) is 1.08. The fourth-order valence-corrected chi connectivity index (χ4v) is 7.36. The molecule has 3 fully saturated rings. The summed E-state index contributed by atoms with van der Waals surface area (Å²) >= 11 is 0. The largest absolute Gasteiger partial charge is 0.396 e. The zero-order valence-electron chi connectivity index (χ0n) is 22.0. The molecule has 1 aromatic carbocycles. The molecular weight excluding hydrogens is 460 g/mol. The van der Waals surface area contributed by atoms with Gasteiger partial charge in [0.1, 0.15) is 0 Å². The van der Waals surface area contributed by atoms with Crippen molar-refractivity contribution in [3.63, 3.8) is 0 Å². The molecule has 192 valence electrons. The summed E-state index contributed by atoms with van der Waals surface area (Å²) in [5.74, 6) is 1.11. The summed E-state index contributed by atoms with van der Waals surface area (Å²) in [6, 6.07) is 8.41. The van der Waals surface area contributed by atoms with Gasteiger partial charge in [0.15, 0.2) is 5.82 Å². The lowest BCUT2D eigenvalue weighted by molar-refractivity contribution is -0.125. The van der Waals surface area contributed by atoms with Crippen molar-refractivity contribution < 1.29 is 4.79 Å². The smallest absolute Gasteiger partial charge is 0.237 e. The number of carbonyl (C=O) groups excluding carboxylic acids is 1. The summed E-state index contributed by atoms with van der Waals surface area (Å²) in [5.41, 5.74) is 12.3. The number of amides is 1. The van der Waals surface area contributed by atoms with Crippen molar-refractivity contribution in [3.8, 4) is 11.1 Å². The molecule has 0 radical (unpaired) electrons. The number of piperidine rings is 1. The molecular formula is C30H36N6O. The molecule has 1 amide bonds. The Balaban J connectivity index is 1.21. The van der Waals surface area contributed by atoms with Crippen molar-refractivity contribution >= 4 is 34.0 Å². The van der Waals surface area contributed by atoms with Crippen LogP contribution in [0.4, 0.5) is 17.2 Å². The van der Waals surface area contributed by atoms with E-state index in [1.54, 1.807) is 4.90 Å². The number of likely N-dealkylation sites (N-methyl/N-ethyl adjacent to an activating group) is 1. The van der Waals surface area contributed by atoms with Gasteiger partial charge in [0.25, 0.3) is 0 Å². The molecule has 1 saturated carbocycles. The van der Waals surface area contributed by atoms with Gasteiger partial charge in [-0.25, -0.2) is 4.98 Å². The molecule has 7 rings (SSSR count). The molecule has 2 N–H and O–H groups in total. The number of fused-ring (bicyclic) bond motifs is 4. The first-order chi connectivity index (χ1) is 17.9. The highest BCUT2D eigenvalue weighted by molar-refractivity contribution is 6.13. The number of likely N-dealkylation sites (tertiary alicyclic amines) is 1. The maximum Gasteiger partial charge on any atom is 0.237 e. The van der Waals surface area contributed by atoms with Gasteiger partial charge in [-0.05, 0) is 75.9 Å². The average Bonchev–Trinajstić information content (AvgIpc) is 3.40. The van der Waals surface area contributed by atoms with Crippen LogP contribution in [-0.4, -0.2) is 59.5 Å². The van der Waals surface area contributed by atoms with Crippen molar-refractivity contribution in [2.24, 2.45) is 0 Å². The quantitative estimate of drug-likeness (QED) is 0.565. The molecule has 3 aromatic rings. The monoisotopic (exact) mass is 496 g/mol. The Hall–Kier alpha value is -3.19. The van der Waals surface area contributed by atoms with Crippen LogP contribution in [0.25, 0.3) is 22.0 Å². The van der Waals surface area contributed by atoms with Crippen molar-refractivity contribution in [1.29, 1.82) is 0 Å². The summed E-state index contributed by atoms with van der Waals surface area (Å²) in [6.07, 6.45) is 11.9. The summed E-state index contributed by atoms with van der Waals surface area (Å²) < 4.78 is 0. The summed E-state index contributed by atoms with van der Waals surface area (Å²) in [6.45, 7) is 6.77. The summed E-state index contributed by atoms with van der Waals surface area (Å²) in [7, 11) is 1.88. The third-order valence-corrected chi connectivity index (χ3v) is 9.71. The molecule has 1 aliphatic carbocycles. The van der Waals surface area contributed by atoms with Crippen molar-refractivity contribution in [2.45, 2.75) is 62.8 Å². The van der Waals surface area contributed by atoms with Gasteiger partial charge >= 0.3 is 0 Å². The Labute approximate surface area is 218 Å². The van der Waals surface area contributed by atoms with E-state index < -0.39 is 0 Å². The van der Waals surface area contributed by atoms with E-state index in [1.165, 1.54) is 32.4 Å². The van der Waals surface area contributed by atoms with E-state index in [0.29, 0.717) is 0 Å². The van der Waals surface area contributed by atoms with Gasteiger partial charge in [0.2, 0.25) is 5.91 Å². The molecule has 3 aliphatic heterocycles. The van der Waals surface area contributed by atoms with Crippen LogP contribution in [0.2, 0.25) is 0 Å². The number of anilines is 3. The fraction of sp³-hybridized carbons (Fsp3) is 0.500. The maximum atomic E-state index is 13.2. The number of hydrogen-bond donors (Lipinski definition) is 1. The number of hydrogen-bond acceptors (Lipinski definition) is 6. The van der Waals surface area contributed by atoms with E-state index in [-0.39, 0.29) is 16.9 Å². The molecule has 0 bridgehead atoms. The Morgan fingerprint density at radius 3 is 2.46 bits per heavy atom. The van der Waals surface area contributed by atoms with E-state index in [1.807, 2.05) is 19.4 Å². The number of nitrogen functional groups attached to an aromatic ring is 1. The highest BCUT2D eigenvalue weighted by atomic mass is 16.2. The van der Waals surface area contributed by atoms with E-state index in [0.717, 1.165) is 83.6 Å². The normalized spacial score (nSPS) is 25.2. The Morgan fingerprint density at radius 2 is 1.73 bits per heavy atom. The van der Waals surface area contributed by atoms with E-state index >= 15 is 0 Å². The zero-order chi connectivity index (χ0) is 25.4. The molecule has 2 saturated heterocycles. The van der Waals surface area contributed by atoms with Gasteiger partial charge in [0, 0.05) is 48.4 Å². The fourth-order valence-electron chi connectivity index (χ4n) is 7.36. The summed E-state index contributed by atoms with van der Waals surface area (Å²) in [4.78, 5) is 29.6. The van der Waals surface area contributed by atoms with Crippen LogP contribution in [-0.2, 0) is 10.2 Å². The number of rotatable bonds is 3. The van der Waals surface area contributed by atoms with E-state index in [4.69, 9.17) is 10.7 Å². The van der Waals surface area contributed by atoms with Gasteiger partial charge in [-0.15, -0.1) is 0 Å². The second-order valence-electron chi connectivity index (χ2n) is 11.9. The minimum Gasteiger partial charge on any atom is -0.396 e. The van der Waals surface area contributed by atoms with Gasteiger partial charge in [0.05, 0.1) is 28.5 Å². The second kappa shape index (κ2) is 8.15. The highest BCUT2D eigenvalue weighted by Gasteiger charge is 2.54. The molecule has 7 nitrogen and oxygen atoms in total. The van der Waals surface area contributed by atoms with E-state index in [9.17, 15) is 4.79 Å². The standard InChI is InChI=1S/C30H36N6O/c1-29(36-12-4-3-5-13-36)11-14-35(19-29)27-23(31)16-21(17-33-27)20-7-8-24-22(15-20)26-25(18-32-24)34(2)28(37)30(26)9-6-10-30/h7-8,15-18H,3-6,9-14,19,31H2,1-2H3.